The summed E-state index contributed by atoms with van der Waals surface area (Å²) in [5, 5.41) is 13.2. The average molecular weight is 367 g/mol. The van der Waals surface area contributed by atoms with E-state index in [0.717, 1.165) is 24.5 Å². The van der Waals surface area contributed by atoms with Gasteiger partial charge in [0.05, 0.1) is 0 Å². The molecule has 0 saturated carbocycles. The lowest BCUT2D eigenvalue weighted by Gasteiger charge is -2.29. The largest absolute Gasteiger partial charge is 0.371 e. The number of hydrogen-bond acceptors (Lipinski definition) is 7. The molecule has 0 atom stereocenters. The molecule has 2 N–H and O–H groups in total. The van der Waals surface area contributed by atoms with E-state index in [4.69, 9.17) is 4.52 Å². The molecule has 140 valence electrons. The minimum Gasteiger partial charge on any atom is -0.371 e. The van der Waals surface area contributed by atoms with Crippen LogP contribution in [-0.4, -0.2) is 44.3 Å². The summed E-state index contributed by atoms with van der Waals surface area (Å²) in [5.41, 5.74) is 1.96. The van der Waals surface area contributed by atoms with Crippen molar-refractivity contribution in [1.82, 2.24) is 25.3 Å². The maximum atomic E-state index is 12.3. The van der Waals surface area contributed by atoms with Gasteiger partial charge < -0.3 is 14.7 Å². The Morgan fingerprint density at radius 1 is 1.26 bits per heavy atom. The number of nitrogens with zero attached hydrogens (tertiary/aromatic N) is 5. The molecule has 27 heavy (non-hydrogen) atoms. The summed E-state index contributed by atoms with van der Waals surface area (Å²) in [7, 11) is 0. The number of benzene rings is 1. The summed E-state index contributed by atoms with van der Waals surface area (Å²) >= 11 is 0. The number of aromatic nitrogens is 5. The number of carbonyl (C=O) groups excluding carboxylic acids is 1. The van der Waals surface area contributed by atoms with E-state index in [9.17, 15) is 4.79 Å². The molecule has 1 amide bonds. The first-order valence-corrected chi connectivity index (χ1v) is 9.11. The quantitative estimate of drug-likeness (QED) is 0.688. The summed E-state index contributed by atoms with van der Waals surface area (Å²) in [5.74, 6) is 1.06. The van der Waals surface area contributed by atoms with Gasteiger partial charge in [0, 0.05) is 37.3 Å². The number of amides is 1. The topological polar surface area (TPSA) is 113 Å². The maximum absolute atomic E-state index is 12.3. The van der Waals surface area contributed by atoms with Gasteiger partial charge in [0.15, 0.2) is 5.82 Å². The standard InChI is InChI=1S/C18H21N7O2/c26-15(7-8-16-22-18(24-27-16)17-19-12-20-23-17)21-13-5-4-6-14(11-13)25-9-2-1-3-10-25/h4-6,11-12H,1-3,7-10H2,(H,21,26)(H,19,20,23). The van der Waals surface area contributed by atoms with E-state index < -0.39 is 0 Å². The predicted molar refractivity (Wildman–Crippen MR) is 99.1 cm³/mol. The number of rotatable bonds is 6. The van der Waals surface area contributed by atoms with Crippen molar-refractivity contribution in [3.05, 3.63) is 36.5 Å². The molecule has 9 heteroatoms. The lowest BCUT2D eigenvalue weighted by atomic mass is 10.1. The summed E-state index contributed by atoms with van der Waals surface area (Å²) in [6.07, 6.45) is 5.72. The summed E-state index contributed by atoms with van der Waals surface area (Å²) in [6.45, 7) is 2.14. The van der Waals surface area contributed by atoms with Crippen LogP contribution in [0.2, 0.25) is 0 Å². The molecule has 2 aromatic heterocycles. The van der Waals surface area contributed by atoms with Gasteiger partial charge in [-0.1, -0.05) is 11.2 Å². The molecule has 1 aliphatic rings. The van der Waals surface area contributed by atoms with E-state index in [1.165, 1.54) is 25.6 Å². The van der Waals surface area contributed by atoms with Crippen LogP contribution in [0.4, 0.5) is 11.4 Å². The first kappa shape index (κ1) is 17.2. The Hall–Kier alpha value is -3.23. The van der Waals surface area contributed by atoms with Crippen LogP contribution in [0.1, 0.15) is 31.6 Å². The second-order valence-electron chi connectivity index (χ2n) is 6.49. The van der Waals surface area contributed by atoms with E-state index in [0.29, 0.717) is 24.0 Å². The van der Waals surface area contributed by atoms with Crippen molar-refractivity contribution in [1.29, 1.82) is 0 Å². The van der Waals surface area contributed by atoms with Crippen LogP contribution in [0.3, 0.4) is 0 Å². The summed E-state index contributed by atoms with van der Waals surface area (Å²) in [6, 6.07) is 7.99. The first-order valence-electron chi connectivity index (χ1n) is 9.11. The minimum absolute atomic E-state index is 0.0924. The van der Waals surface area contributed by atoms with Crippen LogP contribution in [0.15, 0.2) is 35.1 Å². The normalized spacial score (nSPS) is 14.3. The van der Waals surface area contributed by atoms with Gasteiger partial charge in [-0.05, 0) is 37.5 Å². The third-order valence-corrected chi connectivity index (χ3v) is 4.51. The average Bonchev–Trinajstić information content (AvgIpc) is 3.39. The zero-order valence-corrected chi connectivity index (χ0v) is 14.9. The van der Waals surface area contributed by atoms with E-state index in [2.05, 4.69) is 41.6 Å². The maximum Gasteiger partial charge on any atom is 0.239 e. The smallest absolute Gasteiger partial charge is 0.239 e. The minimum atomic E-state index is -0.0924. The van der Waals surface area contributed by atoms with Gasteiger partial charge in [0.2, 0.25) is 17.6 Å². The summed E-state index contributed by atoms with van der Waals surface area (Å²) in [4.78, 5) is 22.8. The Morgan fingerprint density at radius 3 is 2.96 bits per heavy atom. The summed E-state index contributed by atoms with van der Waals surface area (Å²) < 4.78 is 5.15. The van der Waals surface area contributed by atoms with Crippen LogP contribution in [0.25, 0.3) is 11.6 Å². The fraction of sp³-hybridized carbons (Fsp3) is 0.389. The predicted octanol–water partition coefficient (Wildman–Crippen LogP) is 2.42. The molecule has 0 spiro atoms. The SMILES string of the molecule is O=C(CCc1nc(-c2ncn[nH]2)no1)Nc1cccc(N2CCCCC2)c1. The molecule has 0 unspecified atom stereocenters. The first-order chi connectivity index (χ1) is 13.3. The Bertz CT molecular complexity index is 885. The fourth-order valence-electron chi connectivity index (χ4n) is 3.14. The molecule has 1 fully saturated rings. The molecule has 0 bridgehead atoms. The monoisotopic (exact) mass is 367 g/mol. The molecular formula is C18H21N7O2. The number of H-pyrrole nitrogens is 1. The van der Waals surface area contributed by atoms with Gasteiger partial charge >= 0.3 is 0 Å². The van der Waals surface area contributed by atoms with Gasteiger partial charge in [0.25, 0.3) is 0 Å². The number of aromatic amines is 1. The molecule has 3 aromatic rings. The van der Waals surface area contributed by atoms with Crippen LogP contribution >= 0.6 is 0 Å². The molecule has 3 heterocycles. The second kappa shape index (κ2) is 7.98. The van der Waals surface area contributed by atoms with E-state index in [1.54, 1.807) is 0 Å². The van der Waals surface area contributed by atoms with Crippen molar-refractivity contribution < 1.29 is 9.32 Å². The molecule has 0 radical (unpaired) electrons. The molecular weight excluding hydrogens is 346 g/mol. The van der Waals surface area contributed by atoms with Gasteiger partial charge in [-0.2, -0.15) is 10.1 Å². The number of anilines is 2. The van der Waals surface area contributed by atoms with Crippen LogP contribution in [0.5, 0.6) is 0 Å². The molecule has 0 aliphatic carbocycles. The van der Waals surface area contributed by atoms with Gasteiger partial charge in [0.1, 0.15) is 6.33 Å². The number of aryl methyl sites for hydroxylation is 1. The van der Waals surface area contributed by atoms with E-state index >= 15 is 0 Å². The van der Waals surface area contributed by atoms with Crippen molar-refractivity contribution in [2.45, 2.75) is 32.1 Å². The number of nitrogens with one attached hydrogen (secondary N) is 2. The molecule has 4 rings (SSSR count). The van der Waals surface area contributed by atoms with Crippen LogP contribution in [0, 0.1) is 0 Å². The lowest BCUT2D eigenvalue weighted by molar-refractivity contribution is -0.116. The zero-order valence-electron chi connectivity index (χ0n) is 14.9. The Balaban J connectivity index is 1.32. The zero-order chi connectivity index (χ0) is 18.5. The second-order valence-corrected chi connectivity index (χ2v) is 6.49. The molecule has 1 saturated heterocycles. The Morgan fingerprint density at radius 2 is 2.15 bits per heavy atom. The highest BCUT2D eigenvalue weighted by Gasteiger charge is 2.14. The highest BCUT2D eigenvalue weighted by molar-refractivity contribution is 5.91. The molecule has 1 aromatic carbocycles. The molecule has 1 aliphatic heterocycles. The molecule has 9 nitrogen and oxygen atoms in total. The Labute approximate surface area is 156 Å². The van der Waals surface area contributed by atoms with E-state index in [-0.39, 0.29) is 12.3 Å². The number of carbonyl (C=O) groups is 1. The van der Waals surface area contributed by atoms with Gasteiger partial charge in [-0.15, -0.1) is 0 Å². The van der Waals surface area contributed by atoms with Crippen molar-refractivity contribution in [3.63, 3.8) is 0 Å². The van der Waals surface area contributed by atoms with Crippen molar-refractivity contribution in [2.24, 2.45) is 0 Å². The number of hydrogen-bond donors (Lipinski definition) is 2. The van der Waals surface area contributed by atoms with Gasteiger partial charge in [-0.3, -0.25) is 9.89 Å². The Kier molecular flexibility index (Phi) is 5.08. The lowest BCUT2D eigenvalue weighted by Crippen LogP contribution is -2.29. The highest BCUT2D eigenvalue weighted by atomic mass is 16.5. The van der Waals surface area contributed by atoms with E-state index in [1.807, 2.05) is 18.2 Å². The van der Waals surface area contributed by atoms with Crippen LogP contribution in [-0.2, 0) is 11.2 Å². The fourth-order valence-corrected chi connectivity index (χ4v) is 3.14. The third kappa shape index (κ3) is 4.30. The highest BCUT2D eigenvalue weighted by Crippen LogP contribution is 2.23. The third-order valence-electron chi connectivity index (χ3n) is 4.51. The van der Waals surface area contributed by atoms with Crippen molar-refractivity contribution in [2.75, 3.05) is 23.3 Å². The number of piperidine rings is 1. The van der Waals surface area contributed by atoms with Crippen LogP contribution < -0.4 is 10.2 Å². The van der Waals surface area contributed by atoms with Crippen molar-refractivity contribution >= 4 is 17.3 Å². The van der Waals surface area contributed by atoms with Crippen molar-refractivity contribution in [3.8, 4) is 11.6 Å². The van der Waals surface area contributed by atoms with Gasteiger partial charge in [-0.25, -0.2) is 4.98 Å².